The van der Waals surface area contributed by atoms with Crippen molar-refractivity contribution in [3.05, 3.63) is 161 Å². The van der Waals surface area contributed by atoms with Gasteiger partial charge in [0, 0.05) is 44.1 Å². The summed E-state index contributed by atoms with van der Waals surface area (Å²) in [7, 11) is 0. The van der Waals surface area contributed by atoms with E-state index in [9.17, 15) is 10.5 Å². The maximum atomic E-state index is 10.2. The van der Waals surface area contributed by atoms with Crippen LogP contribution in [0.25, 0.3) is 72.4 Å². The highest BCUT2D eigenvalue weighted by Crippen LogP contribution is 2.42. The van der Waals surface area contributed by atoms with E-state index in [0.717, 1.165) is 73.3 Å². The van der Waals surface area contributed by atoms with Crippen molar-refractivity contribution < 1.29 is 0 Å². The van der Waals surface area contributed by atoms with Gasteiger partial charge in [-0.25, -0.2) is 0 Å². The van der Waals surface area contributed by atoms with Crippen LogP contribution < -0.4 is 0 Å². The Bertz CT molecular complexity index is 2760. The zero-order valence-corrected chi connectivity index (χ0v) is 26.8. The molecular formula is C45H28N4. The molecule has 0 atom stereocenters. The Morgan fingerprint density at radius 1 is 0.633 bits per heavy atom. The standard InChI is InChI=1S/C45H28N4/c1-29-18-22-43-38(24-29)35-13-5-8-16-41(35)48(43)40-15-7-4-12-34(40)31-20-21-37(33-11-3-2-10-32(33)28-47)45(26-31)49-42-17-9-6-14-36(42)39-25-30(27-46)19-23-44(39)49/h2,4-10,12-18,20-22,24-26H,19,23H2,1H3. The number of para-hydroxylation sites is 3. The number of hydrogen-bond acceptors (Lipinski definition) is 2. The zero-order valence-electron chi connectivity index (χ0n) is 26.8. The predicted octanol–water partition coefficient (Wildman–Crippen LogP) is 10.7. The number of nitriles is 2. The number of aryl methyl sites for hydroxylation is 1. The van der Waals surface area contributed by atoms with Crippen LogP contribution in [0.1, 0.15) is 28.8 Å². The zero-order chi connectivity index (χ0) is 33.1. The molecule has 0 N–H and O–H groups in total. The molecule has 0 amide bonds. The van der Waals surface area contributed by atoms with E-state index >= 15 is 0 Å². The molecule has 0 aliphatic heterocycles. The average Bonchev–Trinajstić information content (AvgIpc) is 3.66. The van der Waals surface area contributed by atoms with Gasteiger partial charge in [0.1, 0.15) is 6.07 Å². The maximum absolute atomic E-state index is 10.2. The molecule has 0 unspecified atom stereocenters. The van der Waals surface area contributed by atoms with Crippen LogP contribution in [0.4, 0.5) is 0 Å². The smallest absolute Gasteiger partial charge is 0.100 e. The molecule has 6 aromatic carbocycles. The fourth-order valence-corrected chi connectivity index (χ4v) is 7.64. The number of allylic oxidation sites excluding steroid dienone is 1. The molecule has 1 aliphatic rings. The minimum absolute atomic E-state index is 0.547. The Kier molecular flexibility index (Phi) is 6.48. The number of fused-ring (bicyclic) bond motifs is 6. The van der Waals surface area contributed by atoms with Gasteiger partial charge in [0.05, 0.1) is 45.1 Å². The van der Waals surface area contributed by atoms with Gasteiger partial charge in [-0.15, -0.1) is 0 Å². The molecule has 2 aromatic heterocycles. The van der Waals surface area contributed by atoms with Crippen molar-refractivity contribution in [2.24, 2.45) is 0 Å². The molecule has 8 aromatic rings. The third-order valence-corrected chi connectivity index (χ3v) is 9.82. The maximum Gasteiger partial charge on any atom is 0.100 e. The van der Waals surface area contributed by atoms with Crippen molar-refractivity contribution in [2.75, 3.05) is 0 Å². The van der Waals surface area contributed by atoms with Gasteiger partial charge in [-0.2, -0.15) is 10.5 Å². The topological polar surface area (TPSA) is 57.4 Å². The molecule has 4 nitrogen and oxygen atoms in total. The van der Waals surface area contributed by atoms with E-state index in [1.807, 2.05) is 6.08 Å². The van der Waals surface area contributed by atoms with Crippen LogP contribution >= 0.6 is 0 Å². The summed E-state index contributed by atoms with van der Waals surface area (Å²) in [5, 5.41) is 23.5. The van der Waals surface area contributed by atoms with Gasteiger partial charge in [0.2, 0.25) is 0 Å². The van der Waals surface area contributed by atoms with Crippen molar-refractivity contribution in [1.82, 2.24) is 9.13 Å². The third kappa shape index (κ3) is 4.38. The van der Waals surface area contributed by atoms with E-state index in [1.165, 1.54) is 16.3 Å². The van der Waals surface area contributed by atoms with Crippen molar-refractivity contribution in [1.29, 1.82) is 10.5 Å². The Hall–Kier alpha value is -6.80. The van der Waals surface area contributed by atoms with Crippen molar-refractivity contribution in [2.45, 2.75) is 19.8 Å². The quantitative estimate of drug-likeness (QED) is 0.196. The highest BCUT2D eigenvalue weighted by Gasteiger charge is 2.24. The second-order valence-electron chi connectivity index (χ2n) is 12.6. The van der Waals surface area contributed by atoms with Crippen molar-refractivity contribution >= 4 is 38.8 Å². The largest absolute Gasteiger partial charge is 0.312 e. The summed E-state index contributed by atoms with van der Waals surface area (Å²) in [4.78, 5) is 0. The molecule has 0 spiro atoms. The van der Waals surface area contributed by atoms with E-state index in [0.29, 0.717) is 17.5 Å². The first-order valence-corrected chi connectivity index (χ1v) is 16.4. The summed E-state index contributed by atoms with van der Waals surface area (Å²) in [6.45, 7) is 2.14. The van der Waals surface area contributed by atoms with E-state index in [-0.39, 0.29) is 0 Å². The molecule has 1 aliphatic carbocycles. The summed E-state index contributed by atoms with van der Waals surface area (Å²) in [5.41, 5.74) is 14.0. The monoisotopic (exact) mass is 624 g/mol. The first-order valence-electron chi connectivity index (χ1n) is 16.4. The van der Waals surface area contributed by atoms with Crippen LogP contribution in [0.15, 0.2) is 127 Å². The first-order chi connectivity index (χ1) is 24.1. The van der Waals surface area contributed by atoms with Crippen LogP contribution in [0.2, 0.25) is 0 Å². The lowest BCUT2D eigenvalue weighted by atomic mass is 9.94. The molecule has 228 valence electrons. The minimum atomic E-state index is 0.547. The molecule has 0 saturated carbocycles. The van der Waals surface area contributed by atoms with Crippen LogP contribution in [0.3, 0.4) is 0 Å². The fraction of sp³-hybridized carbons (Fsp3) is 0.0667. The summed E-state index contributed by atoms with van der Waals surface area (Å²) in [6.07, 6.45) is 3.46. The summed E-state index contributed by atoms with van der Waals surface area (Å²) >= 11 is 0. The number of hydrogen-bond donors (Lipinski definition) is 0. The summed E-state index contributed by atoms with van der Waals surface area (Å²) < 4.78 is 4.71. The number of rotatable bonds is 4. The van der Waals surface area contributed by atoms with Gasteiger partial charge in [0.25, 0.3) is 0 Å². The Morgan fingerprint density at radius 2 is 1.39 bits per heavy atom. The number of aromatic nitrogens is 2. The Morgan fingerprint density at radius 3 is 2.22 bits per heavy atom. The van der Waals surface area contributed by atoms with Crippen molar-refractivity contribution in [3.63, 3.8) is 0 Å². The molecule has 2 heterocycles. The lowest BCUT2D eigenvalue weighted by molar-refractivity contribution is 0.872. The second kappa shape index (κ2) is 11.2. The number of benzene rings is 5. The van der Waals surface area contributed by atoms with Crippen LogP contribution in [0.5, 0.6) is 0 Å². The molecule has 49 heavy (non-hydrogen) atoms. The van der Waals surface area contributed by atoms with E-state index in [1.54, 1.807) is 12.1 Å². The lowest BCUT2D eigenvalue weighted by Crippen LogP contribution is -2.07. The van der Waals surface area contributed by atoms with Gasteiger partial charge < -0.3 is 9.13 Å². The van der Waals surface area contributed by atoms with Crippen molar-refractivity contribution in [3.8, 4) is 45.8 Å². The Balaban J connectivity index is 1.35. The van der Waals surface area contributed by atoms with Crippen LogP contribution in [-0.2, 0) is 6.42 Å². The highest BCUT2D eigenvalue weighted by atomic mass is 15.0. The van der Waals surface area contributed by atoms with Crippen LogP contribution in [0, 0.1) is 41.7 Å². The highest BCUT2D eigenvalue weighted by molar-refractivity contribution is 6.10. The molecule has 4 heteroatoms. The van der Waals surface area contributed by atoms with Gasteiger partial charge in [0.15, 0.2) is 0 Å². The van der Waals surface area contributed by atoms with Gasteiger partial charge in [-0.3, -0.25) is 0 Å². The molecule has 0 radical (unpaired) electrons. The minimum Gasteiger partial charge on any atom is -0.312 e. The van der Waals surface area contributed by atoms with E-state index in [4.69, 9.17) is 0 Å². The Labute approximate surface area is 284 Å². The number of nitrogens with zero attached hydrogens (tertiary/aromatic N) is 4. The van der Waals surface area contributed by atoms with E-state index < -0.39 is 0 Å². The third-order valence-electron chi connectivity index (χ3n) is 9.82. The molecule has 0 saturated heterocycles. The molecule has 0 bridgehead atoms. The van der Waals surface area contributed by atoms with Gasteiger partial charge in [-0.05, 0) is 79.9 Å². The average molecular weight is 625 g/mol. The molecule has 9 rings (SSSR count). The lowest BCUT2D eigenvalue weighted by Gasteiger charge is -2.20. The molecular weight excluding hydrogens is 597 g/mol. The summed E-state index contributed by atoms with van der Waals surface area (Å²) in [5.74, 6) is 0. The summed E-state index contributed by atoms with van der Waals surface area (Å²) in [6, 6.07) is 53.5. The second-order valence-corrected chi connectivity index (χ2v) is 12.6. The predicted molar refractivity (Wildman–Crippen MR) is 198 cm³/mol. The molecule has 0 fully saturated rings. The van der Waals surface area contributed by atoms with Gasteiger partial charge in [-0.1, -0.05) is 90.5 Å². The SMILES string of the molecule is Cc1ccc2c(c1)c1ccccc1n2-c1ccccc1-c1ccc(-c2c#cccc2C#N)c(-n2c3c(c4ccccc42)C=C(C#N)CC3)c1. The fourth-order valence-electron chi connectivity index (χ4n) is 7.64. The van der Waals surface area contributed by atoms with E-state index in [2.05, 4.69) is 150 Å². The van der Waals surface area contributed by atoms with Gasteiger partial charge >= 0.3 is 0 Å². The first kappa shape index (κ1) is 28.4. The van der Waals surface area contributed by atoms with Crippen LogP contribution in [-0.4, -0.2) is 9.13 Å². The normalized spacial score (nSPS) is 12.3.